The van der Waals surface area contributed by atoms with E-state index >= 15 is 0 Å². The van der Waals surface area contributed by atoms with Crippen molar-refractivity contribution in [1.82, 2.24) is 0 Å². The molecule has 1 heterocycles. The van der Waals surface area contributed by atoms with Crippen molar-refractivity contribution >= 4 is 22.7 Å². The zero-order valence-corrected chi connectivity index (χ0v) is 14.4. The van der Waals surface area contributed by atoms with Gasteiger partial charge in [0.2, 0.25) is 0 Å². The molecule has 0 saturated heterocycles. The van der Waals surface area contributed by atoms with Gasteiger partial charge in [0.1, 0.15) is 17.1 Å². The Hall–Kier alpha value is -2.63. The minimum atomic E-state index is -0.536. The fraction of sp³-hybridized carbons (Fsp3) is 0.389. The molecule has 0 aliphatic rings. The molecule has 0 aliphatic carbocycles. The summed E-state index contributed by atoms with van der Waals surface area (Å²) in [6.45, 7) is 8.05. The highest BCUT2D eigenvalue weighted by Gasteiger charge is 2.22. The second-order valence-corrected chi connectivity index (χ2v) is 5.53. The van der Waals surface area contributed by atoms with Crippen molar-refractivity contribution in [1.29, 1.82) is 0 Å². The lowest BCUT2D eigenvalue weighted by molar-refractivity contribution is -0.145. The molecule has 1 aromatic heterocycles. The van der Waals surface area contributed by atoms with Crippen molar-refractivity contribution in [2.24, 2.45) is 0 Å². The maximum absolute atomic E-state index is 12.5. The summed E-state index contributed by atoms with van der Waals surface area (Å²) in [7, 11) is 0. The number of ether oxygens (including phenoxy) is 2. The number of aryl methyl sites for hydroxylation is 2. The molecule has 0 N–H and O–H groups in total. The molecule has 0 amide bonds. The molecule has 6 nitrogen and oxygen atoms in total. The van der Waals surface area contributed by atoms with Gasteiger partial charge in [0.05, 0.1) is 12.0 Å². The molecule has 0 bridgehead atoms. The summed E-state index contributed by atoms with van der Waals surface area (Å²) in [5.74, 6) is -0.208. The molecule has 0 atom stereocenters. The van der Waals surface area contributed by atoms with E-state index in [0.29, 0.717) is 22.3 Å². The van der Waals surface area contributed by atoms with Gasteiger partial charge in [-0.1, -0.05) is 0 Å². The molecule has 0 fully saturated rings. The van der Waals surface area contributed by atoms with Crippen molar-refractivity contribution in [3.8, 4) is 5.75 Å². The normalized spacial score (nSPS) is 10.7. The molecule has 24 heavy (non-hydrogen) atoms. The SMILES string of the molecule is CCOC(=O)COc1cc(C)c2c(=O)c(C)c(C)oc2c1C(C)=O. The van der Waals surface area contributed by atoms with Crippen LogP contribution < -0.4 is 10.2 Å². The van der Waals surface area contributed by atoms with E-state index in [1.807, 2.05) is 0 Å². The van der Waals surface area contributed by atoms with E-state index in [1.165, 1.54) is 6.92 Å². The lowest BCUT2D eigenvalue weighted by atomic mass is 10.00. The van der Waals surface area contributed by atoms with Crippen molar-refractivity contribution in [2.45, 2.75) is 34.6 Å². The zero-order chi connectivity index (χ0) is 18.0. The second-order valence-electron chi connectivity index (χ2n) is 5.53. The van der Waals surface area contributed by atoms with Crippen LogP contribution in [0.2, 0.25) is 0 Å². The lowest BCUT2D eigenvalue weighted by Gasteiger charge is -2.14. The predicted molar refractivity (Wildman–Crippen MR) is 88.8 cm³/mol. The van der Waals surface area contributed by atoms with E-state index in [9.17, 15) is 14.4 Å². The second kappa shape index (κ2) is 6.86. The molecular weight excluding hydrogens is 312 g/mol. The first kappa shape index (κ1) is 17.7. The van der Waals surface area contributed by atoms with Crippen LogP contribution in [0.3, 0.4) is 0 Å². The molecule has 2 rings (SSSR count). The number of esters is 1. The van der Waals surface area contributed by atoms with Gasteiger partial charge in [0.25, 0.3) is 0 Å². The molecule has 0 spiro atoms. The van der Waals surface area contributed by atoms with Gasteiger partial charge < -0.3 is 13.9 Å². The molecule has 0 aliphatic heterocycles. The minimum absolute atomic E-state index is 0.153. The number of rotatable bonds is 5. The van der Waals surface area contributed by atoms with Crippen molar-refractivity contribution in [2.75, 3.05) is 13.2 Å². The fourth-order valence-corrected chi connectivity index (χ4v) is 2.50. The Morgan fingerprint density at radius 2 is 1.88 bits per heavy atom. The van der Waals surface area contributed by atoms with E-state index in [-0.39, 0.29) is 41.3 Å². The van der Waals surface area contributed by atoms with E-state index < -0.39 is 5.97 Å². The number of hydrogen-bond acceptors (Lipinski definition) is 6. The van der Waals surface area contributed by atoms with Gasteiger partial charge in [-0.05, 0) is 46.2 Å². The highest BCUT2D eigenvalue weighted by atomic mass is 16.6. The Morgan fingerprint density at radius 3 is 2.46 bits per heavy atom. The van der Waals surface area contributed by atoms with Gasteiger partial charge in [-0.2, -0.15) is 0 Å². The molecule has 1 aromatic carbocycles. The number of carbonyl (C=O) groups excluding carboxylic acids is 2. The van der Waals surface area contributed by atoms with Crippen molar-refractivity contribution in [3.63, 3.8) is 0 Å². The summed E-state index contributed by atoms with van der Waals surface area (Å²) < 4.78 is 16.0. The van der Waals surface area contributed by atoms with Gasteiger partial charge in [0, 0.05) is 5.56 Å². The summed E-state index contributed by atoms with van der Waals surface area (Å²) in [5, 5.41) is 0.354. The molecule has 0 unspecified atom stereocenters. The Bertz CT molecular complexity index is 875. The smallest absolute Gasteiger partial charge is 0.344 e. The number of Topliss-reactive ketones (excluding diaryl/α,β-unsaturated/α-hetero) is 1. The third-order valence-corrected chi connectivity index (χ3v) is 3.80. The summed E-state index contributed by atoms with van der Waals surface area (Å²) in [6.07, 6.45) is 0. The molecule has 6 heteroatoms. The summed E-state index contributed by atoms with van der Waals surface area (Å²) in [6, 6.07) is 1.57. The Labute approximate surface area is 139 Å². The predicted octanol–water partition coefficient (Wildman–Crippen LogP) is 2.86. The number of carbonyl (C=O) groups is 2. The van der Waals surface area contributed by atoms with Crippen LogP contribution in [-0.2, 0) is 9.53 Å². The first-order valence-electron chi connectivity index (χ1n) is 7.64. The van der Waals surface area contributed by atoms with Crippen LogP contribution in [-0.4, -0.2) is 25.0 Å². The van der Waals surface area contributed by atoms with E-state index in [2.05, 4.69) is 0 Å². The molecule has 128 valence electrons. The summed E-state index contributed by atoms with van der Waals surface area (Å²) in [4.78, 5) is 36.1. The van der Waals surface area contributed by atoms with Crippen LogP contribution >= 0.6 is 0 Å². The molecule has 0 radical (unpaired) electrons. The first-order chi connectivity index (χ1) is 11.3. The van der Waals surface area contributed by atoms with Crippen LogP contribution in [0, 0.1) is 20.8 Å². The van der Waals surface area contributed by atoms with Gasteiger partial charge >= 0.3 is 5.97 Å². The van der Waals surface area contributed by atoms with Crippen LogP contribution in [0.5, 0.6) is 5.75 Å². The quantitative estimate of drug-likeness (QED) is 0.618. The Morgan fingerprint density at radius 1 is 1.21 bits per heavy atom. The Balaban J connectivity index is 2.67. The monoisotopic (exact) mass is 332 g/mol. The largest absolute Gasteiger partial charge is 0.481 e. The number of ketones is 1. The Kier molecular flexibility index (Phi) is 5.07. The van der Waals surface area contributed by atoms with Crippen LogP contribution in [0.15, 0.2) is 15.3 Å². The highest BCUT2D eigenvalue weighted by Crippen LogP contribution is 2.31. The number of fused-ring (bicyclic) bond motifs is 1. The molecule has 0 saturated carbocycles. The van der Waals surface area contributed by atoms with Gasteiger partial charge in [-0.3, -0.25) is 9.59 Å². The van der Waals surface area contributed by atoms with Crippen molar-refractivity contribution < 1.29 is 23.5 Å². The fourth-order valence-electron chi connectivity index (χ4n) is 2.50. The average Bonchev–Trinajstić information content (AvgIpc) is 2.50. The van der Waals surface area contributed by atoms with Crippen LogP contribution in [0.4, 0.5) is 0 Å². The topological polar surface area (TPSA) is 82.8 Å². The standard InChI is InChI=1S/C18H20O6/c1-6-22-14(20)8-23-13-7-9(2)15-17(21)10(3)12(5)24-18(15)16(13)11(4)19/h7H,6,8H2,1-5H3. The molecular formula is C18H20O6. The average molecular weight is 332 g/mol. The van der Waals surface area contributed by atoms with Crippen LogP contribution in [0.25, 0.3) is 11.0 Å². The maximum Gasteiger partial charge on any atom is 0.344 e. The zero-order valence-electron chi connectivity index (χ0n) is 14.4. The van der Waals surface area contributed by atoms with Gasteiger partial charge in [0.15, 0.2) is 23.4 Å². The van der Waals surface area contributed by atoms with Crippen molar-refractivity contribution in [3.05, 3.63) is 38.7 Å². The third-order valence-electron chi connectivity index (χ3n) is 3.80. The van der Waals surface area contributed by atoms with E-state index in [4.69, 9.17) is 13.9 Å². The highest BCUT2D eigenvalue weighted by molar-refractivity contribution is 6.08. The maximum atomic E-state index is 12.5. The number of benzene rings is 1. The number of hydrogen-bond donors (Lipinski definition) is 0. The van der Waals surface area contributed by atoms with E-state index in [0.717, 1.165) is 0 Å². The third kappa shape index (κ3) is 3.18. The first-order valence-corrected chi connectivity index (χ1v) is 7.64. The van der Waals surface area contributed by atoms with Crippen LogP contribution in [0.1, 0.15) is 41.1 Å². The van der Waals surface area contributed by atoms with Gasteiger partial charge in [-0.15, -0.1) is 0 Å². The minimum Gasteiger partial charge on any atom is -0.481 e. The van der Waals surface area contributed by atoms with E-state index in [1.54, 1.807) is 33.8 Å². The summed E-state index contributed by atoms with van der Waals surface area (Å²) in [5.41, 5.74) is 1.28. The summed E-state index contributed by atoms with van der Waals surface area (Å²) >= 11 is 0. The lowest BCUT2D eigenvalue weighted by Crippen LogP contribution is -2.17. The van der Waals surface area contributed by atoms with Gasteiger partial charge in [-0.25, -0.2) is 4.79 Å². The molecule has 2 aromatic rings.